The predicted octanol–water partition coefficient (Wildman–Crippen LogP) is 4.62. The Bertz CT molecular complexity index is 900. The van der Waals surface area contributed by atoms with Gasteiger partial charge in [0.25, 0.3) is 0 Å². The molecule has 2 aromatic rings. The molecule has 156 valence electrons. The monoisotopic (exact) mass is 397 g/mol. The van der Waals surface area contributed by atoms with Gasteiger partial charge in [-0.3, -0.25) is 14.5 Å². The molecule has 0 amide bonds. The second-order valence-corrected chi connectivity index (χ2v) is 7.84. The highest BCUT2D eigenvalue weighted by molar-refractivity contribution is 6.18. The summed E-state index contributed by atoms with van der Waals surface area (Å²) in [5.74, 6) is 0.174. The normalized spacial score (nSPS) is 12.8. The van der Waals surface area contributed by atoms with Gasteiger partial charge in [-0.2, -0.15) is 5.10 Å². The molecule has 1 aromatic carbocycles. The van der Waals surface area contributed by atoms with E-state index in [1.165, 1.54) is 12.5 Å². The second-order valence-electron chi connectivity index (χ2n) is 7.84. The van der Waals surface area contributed by atoms with Crippen LogP contribution in [0.5, 0.6) is 0 Å². The van der Waals surface area contributed by atoms with Crippen molar-refractivity contribution in [1.82, 2.24) is 9.78 Å². The lowest BCUT2D eigenvalue weighted by Gasteiger charge is -2.20. The van der Waals surface area contributed by atoms with Gasteiger partial charge in [-0.15, -0.1) is 0 Å². The number of rotatable bonds is 7. The maximum absolute atomic E-state index is 11.2. The molecule has 6 nitrogen and oxygen atoms in total. The molecule has 0 radical (unpaired) electrons. The van der Waals surface area contributed by atoms with Crippen molar-refractivity contribution < 1.29 is 14.3 Å². The number of hydrogen-bond donors (Lipinski definition) is 0. The minimum atomic E-state index is -0.398. The van der Waals surface area contributed by atoms with Crippen LogP contribution in [0, 0.1) is 6.92 Å². The number of carbonyl (C=O) groups excluding carboxylic acids is 1. The predicted molar refractivity (Wildman–Crippen MR) is 117 cm³/mol. The molecule has 0 aliphatic heterocycles. The van der Waals surface area contributed by atoms with E-state index in [1.807, 2.05) is 24.6 Å². The van der Waals surface area contributed by atoms with Crippen molar-refractivity contribution in [1.29, 1.82) is 0 Å². The van der Waals surface area contributed by atoms with Crippen molar-refractivity contribution in [2.24, 2.45) is 4.99 Å². The molecule has 0 aliphatic rings. The number of aliphatic imine (C=N–C) groups is 1. The Morgan fingerprint density at radius 2 is 1.86 bits per heavy atom. The molecule has 6 heteroatoms. The quantitative estimate of drug-likeness (QED) is 0.296. The number of hydrogen-bond acceptors (Lipinski definition) is 5. The summed E-state index contributed by atoms with van der Waals surface area (Å²) in [6.07, 6.45) is 1.76. The third-order valence-electron chi connectivity index (χ3n) is 4.46. The largest absolute Gasteiger partial charge is 0.454 e. The summed E-state index contributed by atoms with van der Waals surface area (Å²) >= 11 is 0. The molecule has 0 bridgehead atoms. The fourth-order valence-electron chi connectivity index (χ4n) is 2.97. The van der Waals surface area contributed by atoms with Crippen LogP contribution in [0.3, 0.4) is 0 Å². The molecule has 29 heavy (non-hydrogen) atoms. The molecular formula is C23H31N3O3. The molecule has 0 saturated heterocycles. The molecule has 1 heterocycles. The molecule has 0 spiro atoms. The highest BCUT2D eigenvalue weighted by Gasteiger charge is 2.19. The first-order chi connectivity index (χ1) is 13.7. The first kappa shape index (κ1) is 22.4. The lowest BCUT2D eigenvalue weighted by molar-refractivity contribution is -0.148. The van der Waals surface area contributed by atoms with Crippen LogP contribution in [0.15, 0.2) is 35.3 Å². The fourth-order valence-corrected chi connectivity index (χ4v) is 2.97. The van der Waals surface area contributed by atoms with Crippen LogP contribution in [0.1, 0.15) is 57.1 Å². The average molecular weight is 398 g/mol. The van der Waals surface area contributed by atoms with Crippen molar-refractivity contribution in [3.63, 3.8) is 0 Å². The number of esters is 1. The summed E-state index contributed by atoms with van der Waals surface area (Å²) in [6.45, 7) is 12.4. The van der Waals surface area contributed by atoms with E-state index in [0.717, 1.165) is 22.5 Å². The third-order valence-corrected chi connectivity index (χ3v) is 4.46. The standard InChI is InChI=1S/C23H31N3O3/c1-8-26-21(13-16(2)25-26)22(29-15-28-17(3)27)20(14-24-7)18-9-11-19(12-10-18)23(4,5)6/h9-14H,8,15H2,1-7H3/b22-20-,24-14+. The van der Waals surface area contributed by atoms with Gasteiger partial charge in [0.2, 0.25) is 6.79 Å². The summed E-state index contributed by atoms with van der Waals surface area (Å²) in [7, 11) is 1.72. The van der Waals surface area contributed by atoms with Gasteiger partial charge in [0, 0.05) is 32.3 Å². The van der Waals surface area contributed by atoms with E-state index < -0.39 is 5.97 Å². The number of aryl methyl sites for hydroxylation is 2. The zero-order valence-corrected chi connectivity index (χ0v) is 18.4. The summed E-state index contributed by atoms with van der Waals surface area (Å²) in [5, 5.41) is 4.53. The van der Waals surface area contributed by atoms with Crippen LogP contribution >= 0.6 is 0 Å². The van der Waals surface area contributed by atoms with Crippen LogP contribution < -0.4 is 0 Å². The van der Waals surface area contributed by atoms with Crippen LogP contribution in [-0.4, -0.2) is 35.8 Å². The average Bonchev–Trinajstić information content (AvgIpc) is 3.03. The molecule has 0 aliphatic carbocycles. The molecule has 0 unspecified atom stereocenters. The summed E-state index contributed by atoms with van der Waals surface area (Å²) in [6, 6.07) is 10.3. The molecule has 2 rings (SSSR count). The lowest BCUT2D eigenvalue weighted by Crippen LogP contribution is -2.11. The molecule has 0 saturated carbocycles. The Hall–Kier alpha value is -2.89. The highest BCUT2D eigenvalue weighted by Crippen LogP contribution is 2.29. The van der Waals surface area contributed by atoms with Crippen LogP contribution in [0.25, 0.3) is 11.3 Å². The first-order valence-electron chi connectivity index (χ1n) is 9.75. The Morgan fingerprint density at radius 1 is 1.21 bits per heavy atom. The first-order valence-corrected chi connectivity index (χ1v) is 9.75. The summed E-state index contributed by atoms with van der Waals surface area (Å²) in [4.78, 5) is 15.5. The van der Waals surface area contributed by atoms with Crippen molar-refractivity contribution in [2.75, 3.05) is 13.8 Å². The van der Waals surface area contributed by atoms with Gasteiger partial charge < -0.3 is 9.47 Å². The van der Waals surface area contributed by atoms with E-state index in [4.69, 9.17) is 9.47 Å². The van der Waals surface area contributed by atoms with Gasteiger partial charge in [-0.05, 0) is 36.5 Å². The van der Waals surface area contributed by atoms with Crippen molar-refractivity contribution >= 4 is 23.5 Å². The van der Waals surface area contributed by atoms with Crippen LogP contribution in [-0.2, 0) is 26.2 Å². The lowest BCUT2D eigenvalue weighted by atomic mass is 9.86. The second kappa shape index (κ2) is 9.54. The smallest absolute Gasteiger partial charge is 0.305 e. The Kier molecular flexibility index (Phi) is 7.37. The number of allylic oxidation sites excluding steroid dienone is 1. The maximum Gasteiger partial charge on any atom is 0.305 e. The number of carbonyl (C=O) groups is 1. The van der Waals surface area contributed by atoms with Crippen LogP contribution in [0.4, 0.5) is 0 Å². The van der Waals surface area contributed by atoms with E-state index in [0.29, 0.717) is 12.3 Å². The minimum Gasteiger partial charge on any atom is -0.454 e. The topological polar surface area (TPSA) is 65.7 Å². The molecule has 0 N–H and O–H groups in total. The van der Waals surface area contributed by atoms with E-state index >= 15 is 0 Å². The van der Waals surface area contributed by atoms with Crippen molar-refractivity contribution in [2.45, 2.75) is 53.5 Å². The van der Waals surface area contributed by atoms with Gasteiger partial charge in [0.05, 0.1) is 5.69 Å². The van der Waals surface area contributed by atoms with Gasteiger partial charge in [-0.25, -0.2) is 0 Å². The van der Waals surface area contributed by atoms with Gasteiger partial charge >= 0.3 is 5.97 Å². The summed E-state index contributed by atoms with van der Waals surface area (Å²) in [5.41, 5.74) is 4.76. The number of benzene rings is 1. The van der Waals surface area contributed by atoms with E-state index in [1.54, 1.807) is 13.3 Å². The van der Waals surface area contributed by atoms with Gasteiger partial charge in [-0.1, -0.05) is 45.0 Å². The van der Waals surface area contributed by atoms with E-state index in [9.17, 15) is 4.79 Å². The van der Waals surface area contributed by atoms with Crippen molar-refractivity contribution in [3.05, 3.63) is 52.8 Å². The number of aromatic nitrogens is 2. The van der Waals surface area contributed by atoms with Crippen LogP contribution in [0.2, 0.25) is 0 Å². The zero-order valence-electron chi connectivity index (χ0n) is 18.4. The minimum absolute atomic E-state index is 0.0633. The number of ether oxygens (including phenoxy) is 2. The Labute approximate surface area is 173 Å². The van der Waals surface area contributed by atoms with Crippen molar-refractivity contribution in [3.8, 4) is 0 Å². The maximum atomic E-state index is 11.2. The zero-order chi connectivity index (χ0) is 21.6. The highest BCUT2D eigenvalue weighted by atomic mass is 16.7. The van der Waals surface area contributed by atoms with Gasteiger partial charge in [0.15, 0.2) is 5.76 Å². The Morgan fingerprint density at radius 3 is 2.38 bits per heavy atom. The summed E-state index contributed by atoms with van der Waals surface area (Å²) < 4.78 is 12.8. The molecule has 0 fully saturated rings. The third kappa shape index (κ3) is 5.79. The van der Waals surface area contributed by atoms with E-state index in [-0.39, 0.29) is 12.2 Å². The molecule has 1 aromatic heterocycles. The molecule has 0 atom stereocenters. The fraction of sp³-hybridized carbons (Fsp3) is 0.435. The molecular weight excluding hydrogens is 366 g/mol. The van der Waals surface area contributed by atoms with E-state index in [2.05, 4.69) is 55.1 Å². The Balaban J connectivity index is 2.62. The number of nitrogens with zero attached hydrogens (tertiary/aromatic N) is 3. The SMILES string of the molecule is CCn1nc(C)cc1/C(OCOC(C)=O)=C(\C=N\C)c1ccc(C(C)(C)C)cc1. The van der Waals surface area contributed by atoms with Gasteiger partial charge in [0.1, 0.15) is 5.69 Å².